The summed E-state index contributed by atoms with van der Waals surface area (Å²) in [6, 6.07) is 5.43. The number of carbonyl (C=O) groups excluding carboxylic acids is 1. The van der Waals surface area contributed by atoms with E-state index in [1.54, 1.807) is 32.2 Å². The Labute approximate surface area is 137 Å². The number of ether oxygens (including phenoxy) is 1. The van der Waals surface area contributed by atoms with Crippen molar-refractivity contribution < 1.29 is 18.3 Å². The van der Waals surface area contributed by atoms with Gasteiger partial charge in [0.05, 0.1) is 0 Å². The molecule has 0 atom stereocenters. The Bertz CT molecular complexity index is 675. The average Bonchev–Trinajstić information content (AvgIpc) is 2.83. The molecule has 7 heteroatoms. The Hall–Kier alpha value is -2.15. The number of halogens is 2. The maximum atomic E-state index is 13.6. The third-order valence-corrected chi connectivity index (χ3v) is 3.65. The van der Waals surface area contributed by atoms with Crippen LogP contribution in [0.1, 0.15) is 26.3 Å². The summed E-state index contributed by atoms with van der Waals surface area (Å²) in [6.45, 7) is 5.48. The predicted molar refractivity (Wildman–Crippen MR) is 87.9 cm³/mol. The molecule has 0 saturated carbocycles. The molecule has 0 aliphatic rings. The fourth-order valence-corrected chi connectivity index (χ4v) is 2.63. The molecule has 0 saturated heterocycles. The molecule has 0 radical (unpaired) electrons. The molecule has 0 spiro atoms. The van der Waals surface area contributed by atoms with Crippen LogP contribution in [0.5, 0.6) is 0 Å². The Balaban J connectivity index is 2.03. The predicted octanol–water partition coefficient (Wildman–Crippen LogP) is 4.99. The number of rotatable bonds is 4. The van der Waals surface area contributed by atoms with Crippen LogP contribution in [0.15, 0.2) is 29.6 Å². The molecule has 4 nitrogen and oxygen atoms in total. The zero-order chi connectivity index (χ0) is 17.0. The van der Waals surface area contributed by atoms with E-state index in [-0.39, 0.29) is 12.2 Å². The van der Waals surface area contributed by atoms with Crippen LogP contribution in [-0.2, 0) is 11.3 Å². The first-order valence-electron chi connectivity index (χ1n) is 7.00. The van der Waals surface area contributed by atoms with Gasteiger partial charge in [0, 0.05) is 12.1 Å². The minimum absolute atomic E-state index is 0.173. The number of benzene rings is 1. The second kappa shape index (κ2) is 6.95. The van der Waals surface area contributed by atoms with Gasteiger partial charge in [0.1, 0.15) is 27.9 Å². The third-order valence-electron chi connectivity index (χ3n) is 2.78. The number of carbonyl (C=O) groups is 1. The van der Waals surface area contributed by atoms with Crippen LogP contribution in [0, 0.1) is 11.6 Å². The van der Waals surface area contributed by atoms with Crippen LogP contribution in [0.3, 0.4) is 0 Å². The minimum Gasteiger partial charge on any atom is -0.444 e. The van der Waals surface area contributed by atoms with Crippen LogP contribution < -0.4 is 10.6 Å². The SMILES string of the molecule is CC(C)(C)OC(=O)Nc1sccc1CNc1c(F)cccc1F. The van der Waals surface area contributed by atoms with Crippen molar-refractivity contribution in [3.63, 3.8) is 0 Å². The van der Waals surface area contributed by atoms with E-state index in [1.807, 2.05) is 0 Å². The molecular weight excluding hydrogens is 322 g/mol. The fraction of sp³-hybridized carbons (Fsp3) is 0.312. The van der Waals surface area contributed by atoms with Gasteiger partial charge in [-0.1, -0.05) is 6.07 Å². The third kappa shape index (κ3) is 4.92. The number of para-hydroxylation sites is 1. The first-order valence-corrected chi connectivity index (χ1v) is 7.88. The van der Waals surface area contributed by atoms with E-state index in [1.165, 1.54) is 29.5 Å². The lowest BCUT2D eigenvalue weighted by molar-refractivity contribution is 0.0636. The molecule has 1 amide bonds. The molecule has 124 valence electrons. The van der Waals surface area contributed by atoms with Gasteiger partial charge in [-0.2, -0.15) is 0 Å². The van der Waals surface area contributed by atoms with Gasteiger partial charge in [-0.3, -0.25) is 5.32 Å². The van der Waals surface area contributed by atoms with E-state index in [0.717, 1.165) is 0 Å². The van der Waals surface area contributed by atoms with Crippen molar-refractivity contribution in [3.05, 3.63) is 46.8 Å². The summed E-state index contributed by atoms with van der Waals surface area (Å²) in [5, 5.41) is 7.70. The number of hydrogen-bond donors (Lipinski definition) is 2. The number of nitrogens with one attached hydrogen (secondary N) is 2. The van der Waals surface area contributed by atoms with E-state index in [9.17, 15) is 13.6 Å². The van der Waals surface area contributed by atoms with E-state index < -0.39 is 23.3 Å². The second-order valence-electron chi connectivity index (χ2n) is 5.85. The summed E-state index contributed by atoms with van der Waals surface area (Å²) < 4.78 is 32.4. The minimum atomic E-state index is -0.665. The Morgan fingerprint density at radius 3 is 2.48 bits per heavy atom. The Morgan fingerprint density at radius 1 is 1.22 bits per heavy atom. The molecule has 0 fully saturated rings. The zero-order valence-electron chi connectivity index (χ0n) is 13.1. The number of amides is 1. The van der Waals surface area contributed by atoms with Crippen molar-refractivity contribution in [2.24, 2.45) is 0 Å². The summed E-state index contributed by atoms with van der Waals surface area (Å²) >= 11 is 1.31. The van der Waals surface area contributed by atoms with Gasteiger partial charge >= 0.3 is 6.09 Å². The molecule has 2 rings (SSSR count). The highest BCUT2D eigenvalue weighted by molar-refractivity contribution is 7.14. The van der Waals surface area contributed by atoms with Crippen LogP contribution in [0.4, 0.5) is 24.3 Å². The highest BCUT2D eigenvalue weighted by atomic mass is 32.1. The Morgan fingerprint density at radius 2 is 1.87 bits per heavy atom. The quantitative estimate of drug-likeness (QED) is 0.825. The van der Waals surface area contributed by atoms with Crippen LogP contribution >= 0.6 is 11.3 Å². The van der Waals surface area contributed by atoms with Crippen LogP contribution in [0.25, 0.3) is 0 Å². The summed E-state index contributed by atoms with van der Waals surface area (Å²) in [6.07, 6.45) is -0.571. The second-order valence-corrected chi connectivity index (χ2v) is 6.77. The molecule has 0 unspecified atom stereocenters. The molecule has 0 aliphatic heterocycles. The molecule has 1 aromatic carbocycles. The maximum absolute atomic E-state index is 13.6. The van der Waals surface area contributed by atoms with Gasteiger partial charge in [-0.25, -0.2) is 13.6 Å². The van der Waals surface area contributed by atoms with E-state index in [4.69, 9.17) is 4.74 Å². The normalized spacial score (nSPS) is 11.2. The molecule has 1 aromatic heterocycles. The lowest BCUT2D eigenvalue weighted by Crippen LogP contribution is -2.27. The van der Waals surface area contributed by atoms with Gasteiger partial charge in [-0.15, -0.1) is 11.3 Å². The highest BCUT2D eigenvalue weighted by Crippen LogP contribution is 2.26. The lowest BCUT2D eigenvalue weighted by atomic mass is 10.2. The van der Waals surface area contributed by atoms with Crippen molar-refractivity contribution in [3.8, 4) is 0 Å². The smallest absolute Gasteiger partial charge is 0.412 e. The topological polar surface area (TPSA) is 50.4 Å². The number of thiophene rings is 1. The molecule has 2 aromatic rings. The molecule has 0 bridgehead atoms. The van der Waals surface area contributed by atoms with Crippen molar-refractivity contribution in [2.75, 3.05) is 10.6 Å². The number of anilines is 2. The van der Waals surface area contributed by atoms with Gasteiger partial charge in [0.25, 0.3) is 0 Å². The highest BCUT2D eigenvalue weighted by Gasteiger charge is 2.18. The monoisotopic (exact) mass is 340 g/mol. The fourth-order valence-electron chi connectivity index (χ4n) is 1.83. The molecular formula is C16H18F2N2O2S. The summed E-state index contributed by atoms with van der Waals surface area (Å²) in [4.78, 5) is 11.8. The molecule has 2 N–H and O–H groups in total. The first-order chi connectivity index (χ1) is 10.8. The van der Waals surface area contributed by atoms with Crippen LogP contribution in [-0.4, -0.2) is 11.7 Å². The first kappa shape index (κ1) is 17.2. The average molecular weight is 340 g/mol. The largest absolute Gasteiger partial charge is 0.444 e. The summed E-state index contributed by atoms with van der Waals surface area (Å²) in [5.74, 6) is -1.33. The van der Waals surface area contributed by atoms with Gasteiger partial charge < -0.3 is 10.1 Å². The van der Waals surface area contributed by atoms with Crippen LogP contribution in [0.2, 0.25) is 0 Å². The summed E-state index contributed by atoms with van der Waals surface area (Å²) in [5.41, 5.74) is -0.0822. The van der Waals surface area contributed by atoms with Gasteiger partial charge in [-0.05, 0) is 44.4 Å². The van der Waals surface area contributed by atoms with E-state index >= 15 is 0 Å². The summed E-state index contributed by atoms with van der Waals surface area (Å²) in [7, 11) is 0. The maximum Gasteiger partial charge on any atom is 0.412 e. The standard InChI is InChI=1S/C16H18F2N2O2S/c1-16(2,3)22-15(21)20-14-10(7-8-23-14)9-19-13-11(17)5-4-6-12(13)18/h4-8,19H,9H2,1-3H3,(H,20,21). The molecule has 23 heavy (non-hydrogen) atoms. The van der Waals surface area contributed by atoms with Gasteiger partial charge in [0.15, 0.2) is 0 Å². The lowest BCUT2D eigenvalue weighted by Gasteiger charge is -2.19. The zero-order valence-corrected chi connectivity index (χ0v) is 13.9. The van der Waals surface area contributed by atoms with Crippen molar-refractivity contribution in [2.45, 2.75) is 32.9 Å². The van der Waals surface area contributed by atoms with Crippen molar-refractivity contribution in [1.82, 2.24) is 0 Å². The molecule has 0 aliphatic carbocycles. The Kier molecular flexibility index (Phi) is 5.20. The van der Waals surface area contributed by atoms with E-state index in [2.05, 4.69) is 10.6 Å². The number of hydrogen-bond acceptors (Lipinski definition) is 4. The molecule has 1 heterocycles. The van der Waals surface area contributed by atoms with Gasteiger partial charge in [0.2, 0.25) is 0 Å². The van der Waals surface area contributed by atoms with Crippen molar-refractivity contribution in [1.29, 1.82) is 0 Å². The van der Waals surface area contributed by atoms with Crippen molar-refractivity contribution >= 4 is 28.1 Å². The van der Waals surface area contributed by atoms with E-state index in [0.29, 0.717) is 10.6 Å².